The summed E-state index contributed by atoms with van der Waals surface area (Å²) in [6.07, 6.45) is 4.81. The average Bonchev–Trinajstić information content (AvgIpc) is 3.58. The fourth-order valence-electron chi connectivity index (χ4n) is 4.38. The van der Waals surface area contributed by atoms with Crippen LogP contribution in [0.2, 0.25) is 0 Å². The number of aryl methyl sites for hydroxylation is 1. The summed E-state index contributed by atoms with van der Waals surface area (Å²) < 4.78 is 3.50. The molecule has 4 heterocycles. The molecule has 0 unspecified atom stereocenters. The summed E-state index contributed by atoms with van der Waals surface area (Å²) in [4.78, 5) is 42.4. The number of carbonyl (C=O) groups excluding carboxylic acids is 2. The van der Waals surface area contributed by atoms with E-state index in [0.717, 1.165) is 16.7 Å². The molecule has 36 heavy (non-hydrogen) atoms. The molecular weight excluding hydrogens is 458 g/mol. The maximum atomic E-state index is 13.1. The maximum Gasteiger partial charge on any atom is 0.274 e. The Bertz CT molecular complexity index is 1580. The molecular formula is C25H23N9O2. The van der Waals surface area contributed by atoms with Crippen LogP contribution >= 0.6 is 0 Å². The predicted molar refractivity (Wildman–Crippen MR) is 133 cm³/mol. The Hall–Kier alpha value is -4.80. The van der Waals surface area contributed by atoms with Gasteiger partial charge < -0.3 is 19.7 Å². The van der Waals surface area contributed by atoms with Gasteiger partial charge in [-0.15, -0.1) is 0 Å². The Morgan fingerprint density at radius 1 is 0.889 bits per heavy atom. The number of aromatic nitrogens is 6. The van der Waals surface area contributed by atoms with Crippen LogP contribution in [0.3, 0.4) is 0 Å². The molecule has 0 spiro atoms. The van der Waals surface area contributed by atoms with E-state index < -0.39 is 0 Å². The van der Waals surface area contributed by atoms with E-state index in [9.17, 15) is 9.59 Å². The number of nitrogens with zero attached hydrogens (tertiary/aromatic N) is 8. The number of anilines is 2. The summed E-state index contributed by atoms with van der Waals surface area (Å²) in [6, 6.07) is 15.0. The normalized spacial score (nSPS) is 13.9. The van der Waals surface area contributed by atoms with Gasteiger partial charge in [0.25, 0.3) is 11.8 Å². The van der Waals surface area contributed by atoms with Crippen LogP contribution in [-0.2, 0) is 7.05 Å². The SMILES string of the molecule is Cn1cnc(C(=O)N2CCN(C(=O)c3ccc(Nc4nc5ccccc5n5ncnc45)cc3)CC2)c1. The quantitative estimate of drug-likeness (QED) is 0.419. The number of amides is 2. The molecule has 5 aromatic rings. The minimum absolute atomic E-state index is 0.0600. The number of piperazine rings is 1. The first kappa shape index (κ1) is 21.7. The zero-order valence-corrected chi connectivity index (χ0v) is 19.6. The van der Waals surface area contributed by atoms with Gasteiger partial charge in [-0.2, -0.15) is 5.10 Å². The molecule has 0 bridgehead atoms. The molecule has 180 valence electrons. The van der Waals surface area contributed by atoms with Crippen molar-refractivity contribution in [3.05, 3.63) is 78.6 Å². The minimum Gasteiger partial charge on any atom is -0.340 e. The number of benzene rings is 2. The van der Waals surface area contributed by atoms with Crippen LogP contribution in [0.25, 0.3) is 16.7 Å². The number of rotatable bonds is 4. The van der Waals surface area contributed by atoms with Crippen molar-refractivity contribution < 1.29 is 9.59 Å². The van der Waals surface area contributed by atoms with Crippen LogP contribution in [0.15, 0.2) is 67.4 Å². The summed E-state index contributed by atoms with van der Waals surface area (Å²) in [6.45, 7) is 1.90. The van der Waals surface area contributed by atoms with E-state index in [0.29, 0.717) is 48.9 Å². The van der Waals surface area contributed by atoms with Crippen molar-refractivity contribution >= 4 is 40.0 Å². The second-order valence-electron chi connectivity index (χ2n) is 8.66. The van der Waals surface area contributed by atoms with Crippen molar-refractivity contribution in [2.24, 2.45) is 7.05 Å². The lowest BCUT2D eigenvalue weighted by Crippen LogP contribution is -2.50. The van der Waals surface area contributed by atoms with Crippen molar-refractivity contribution in [2.75, 3.05) is 31.5 Å². The van der Waals surface area contributed by atoms with E-state index in [1.165, 1.54) is 6.33 Å². The number of nitrogens with one attached hydrogen (secondary N) is 1. The summed E-state index contributed by atoms with van der Waals surface area (Å²) in [5.74, 6) is 0.413. The monoisotopic (exact) mass is 481 g/mol. The van der Waals surface area contributed by atoms with Gasteiger partial charge in [-0.05, 0) is 36.4 Å². The third kappa shape index (κ3) is 3.90. The largest absolute Gasteiger partial charge is 0.340 e. The zero-order chi connectivity index (χ0) is 24.6. The number of hydrogen-bond donors (Lipinski definition) is 1. The molecule has 6 rings (SSSR count). The third-order valence-electron chi connectivity index (χ3n) is 6.27. The number of carbonyl (C=O) groups is 2. The highest BCUT2D eigenvalue weighted by Crippen LogP contribution is 2.23. The Balaban J connectivity index is 1.13. The molecule has 1 aliphatic rings. The van der Waals surface area contributed by atoms with Crippen molar-refractivity contribution in [2.45, 2.75) is 0 Å². The van der Waals surface area contributed by atoms with E-state index in [1.807, 2.05) is 43.4 Å². The van der Waals surface area contributed by atoms with E-state index in [4.69, 9.17) is 4.98 Å². The lowest BCUT2D eigenvalue weighted by atomic mass is 10.1. The maximum absolute atomic E-state index is 13.1. The van der Waals surface area contributed by atoms with Crippen LogP contribution in [0.1, 0.15) is 20.8 Å². The summed E-state index contributed by atoms with van der Waals surface area (Å²) in [7, 11) is 1.83. The molecule has 0 saturated carbocycles. The van der Waals surface area contributed by atoms with Crippen LogP contribution in [-0.4, -0.2) is 76.9 Å². The lowest BCUT2D eigenvalue weighted by molar-refractivity contribution is 0.0532. The van der Waals surface area contributed by atoms with Gasteiger partial charge in [-0.3, -0.25) is 9.59 Å². The molecule has 1 saturated heterocycles. The van der Waals surface area contributed by atoms with Gasteiger partial charge in [0.2, 0.25) is 0 Å². The second kappa shape index (κ2) is 8.77. The highest BCUT2D eigenvalue weighted by atomic mass is 16.2. The molecule has 1 fully saturated rings. The third-order valence-corrected chi connectivity index (χ3v) is 6.27. The summed E-state index contributed by atoms with van der Waals surface area (Å²) >= 11 is 0. The molecule has 3 aromatic heterocycles. The molecule has 2 aromatic carbocycles. The van der Waals surface area contributed by atoms with Gasteiger partial charge in [-0.25, -0.2) is 19.5 Å². The first-order valence-electron chi connectivity index (χ1n) is 11.6. The Kier molecular flexibility index (Phi) is 5.29. The Morgan fingerprint density at radius 3 is 2.33 bits per heavy atom. The smallest absolute Gasteiger partial charge is 0.274 e. The fraction of sp³-hybridized carbons (Fsp3) is 0.200. The molecule has 0 radical (unpaired) electrons. The van der Waals surface area contributed by atoms with Crippen LogP contribution in [0.4, 0.5) is 11.5 Å². The Labute approximate surface area is 206 Å². The van der Waals surface area contributed by atoms with Crippen molar-refractivity contribution in [3.8, 4) is 0 Å². The van der Waals surface area contributed by atoms with E-state index in [-0.39, 0.29) is 11.8 Å². The average molecular weight is 482 g/mol. The van der Waals surface area contributed by atoms with Gasteiger partial charge in [0.1, 0.15) is 12.0 Å². The number of imidazole rings is 1. The second-order valence-corrected chi connectivity index (χ2v) is 8.66. The van der Waals surface area contributed by atoms with Gasteiger partial charge in [0, 0.05) is 50.7 Å². The standard InChI is InChI=1S/C25H23N9O2/c1-31-14-20(27-16-31)25(36)33-12-10-32(11-13-33)24(35)17-6-8-18(9-7-17)29-22-23-26-15-28-34(23)21-5-3-2-4-19(21)30-22/h2-9,14-16H,10-13H2,1H3,(H,29,30). The molecule has 1 N–H and O–H groups in total. The predicted octanol–water partition coefficient (Wildman–Crippen LogP) is 2.35. The van der Waals surface area contributed by atoms with Gasteiger partial charge >= 0.3 is 0 Å². The Morgan fingerprint density at radius 2 is 1.61 bits per heavy atom. The molecule has 11 heteroatoms. The minimum atomic E-state index is -0.109. The lowest BCUT2D eigenvalue weighted by Gasteiger charge is -2.34. The van der Waals surface area contributed by atoms with Crippen LogP contribution in [0.5, 0.6) is 0 Å². The highest BCUT2D eigenvalue weighted by Gasteiger charge is 2.26. The first-order chi connectivity index (χ1) is 17.6. The highest BCUT2D eigenvalue weighted by molar-refractivity contribution is 5.95. The zero-order valence-electron chi connectivity index (χ0n) is 19.6. The van der Waals surface area contributed by atoms with Crippen molar-refractivity contribution in [3.63, 3.8) is 0 Å². The molecule has 1 aliphatic heterocycles. The topological polar surface area (TPSA) is 114 Å². The molecule has 2 amide bonds. The van der Waals surface area contributed by atoms with Crippen molar-refractivity contribution in [1.29, 1.82) is 0 Å². The molecule has 0 aliphatic carbocycles. The van der Waals surface area contributed by atoms with Gasteiger partial charge in [0.05, 0.1) is 17.4 Å². The van der Waals surface area contributed by atoms with Crippen LogP contribution in [0, 0.1) is 0 Å². The van der Waals surface area contributed by atoms with Gasteiger partial charge in [-0.1, -0.05) is 12.1 Å². The molecule has 11 nitrogen and oxygen atoms in total. The van der Waals surface area contributed by atoms with E-state index >= 15 is 0 Å². The van der Waals surface area contributed by atoms with E-state index in [2.05, 4.69) is 20.4 Å². The number of para-hydroxylation sites is 2. The van der Waals surface area contributed by atoms with Crippen LogP contribution < -0.4 is 5.32 Å². The van der Waals surface area contributed by atoms with E-state index in [1.54, 1.807) is 43.5 Å². The first-order valence-corrected chi connectivity index (χ1v) is 11.6. The summed E-state index contributed by atoms with van der Waals surface area (Å²) in [5.41, 5.74) is 4.08. The van der Waals surface area contributed by atoms with Gasteiger partial charge in [0.15, 0.2) is 11.5 Å². The molecule has 0 atom stereocenters. The number of fused-ring (bicyclic) bond motifs is 3. The number of hydrogen-bond acceptors (Lipinski definition) is 7. The summed E-state index contributed by atoms with van der Waals surface area (Å²) in [5, 5.41) is 7.61. The fourth-order valence-corrected chi connectivity index (χ4v) is 4.38. The van der Waals surface area contributed by atoms with Crippen molar-refractivity contribution in [1.82, 2.24) is 38.9 Å².